The van der Waals surface area contributed by atoms with Gasteiger partial charge in [0.25, 0.3) is 0 Å². The summed E-state index contributed by atoms with van der Waals surface area (Å²) in [5, 5.41) is 2.99. The van der Waals surface area contributed by atoms with Crippen molar-refractivity contribution in [3.63, 3.8) is 0 Å². The van der Waals surface area contributed by atoms with Crippen LogP contribution in [0.4, 0.5) is 13.9 Å². The molecule has 2 aromatic rings. The van der Waals surface area contributed by atoms with E-state index in [1.54, 1.807) is 17.5 Å². The molecule has 2 heterocycles. The summed E-state index contributed by atoms with van der Waals surface area (Å²) in [4.78, 5) is 12.9. The van der Waals surface area contributed by atoms with Gasteiger partial charge in [-0.15, -0.1) is 35.3 Å². The summed E-state index contributed by atoms with van der Waals surface area (Å²) in [7, 11) is 0. The van der Waals surface area contributed by atoms with Crippen LogP contribution in [0.2, 0.25) is 0 Å². The molecule has 0 unspecified atom stereocenters. The van der Waals surface area contributed by atoms with E-state index in [0.717, 1.165) is 37.4 Å². The van der Waals surface area contributed by atoms with Crippen molar-refractivity contribution in [2.45, 2.75) is 6.42 Å². The first-order chi connectivity index (χ1) is 11.6. The number of nitrogens with zero attached hydrogens (tertiary/aromatic N) is 4. The number of guanidine groups is 1. The second-order valence-corrected chi connectivity index (χ2v) is 6.39. The first-order valence-electron chi connectivity index (χ1n) is 7.77. The number of thiazole rings is 1. The van der Waals surface area contributed by atoms with Crippen molar-refractivity contribution in [1.29, 1.82) is 0 Å². The molecule has 1 fully saturated rings. The normalized spacial score (nSPS) is 15.2. The fraction of sp³-hybridized carbons (Fsp3) is 0.375. The number of halogens is 3. The summed E-state index contributed by atoms with van der Waals surface area (Å²) in [6, 6.07) is 3.59. The molecule has 1 aromatic heterocycles. The van der Waals surface area contributed by atoms with Crippen molar-refractivity contribution < 1.29 is 8.78 Å². The SMILES string of the molecule is I.NC(=NCCc1ccc(F)cc1F)N1CCN(c2nccs2)CC1. The summed E-state index contributed by atoms with van der Waals surface area (Å²) in [5.74, 6) is -0.644. The Kier molecular flexibility index (Phi) is 7.36. The van der Waals surface area contributed by atoms with Gasteiger partial charge in [0.2, 0.25) is 0 Å². The number of hydrogen-bond acceptors (Lipinski definition) is 4. The second-order valence-electron chi connectivity index (χ2n) is 5.51. The molecule has 0 bridgehead atoms. The molecule has 0 saturated carbocycles. The number of anilines is 1. The Morgan fingerprint density at radius 2 is 2.00 bits per heavy atom. The minimum Gasteiger partial charge on any atom is -0.370 e. The van der Waals surface area contributed by atoms with Gasteiger partial charge in [0.15, 0.2) is 11.1 Å². The first kappa shape index (κ1) is 19.8. The molecule has 0 aliphatic carbocycles. The number of piperazine rings is 1. The van der Waals surface area contributed by atoms with E-state index in [9.17, 15) is 8.78 Å². The predicted octanol–water partition coefficient (Wildman–Crippen LogP) is 2.72. The number of nitrogens with two attached hydrogens (primary N) is 1. The first-order valence-corrected chi connectivity index (χ1v) is 8.64. The number of aromatic nitrogens is 1. The van der Waals surface area contributed by atoms with E-state index in [2.05, 4.69) is 14.9 Å². The maximum absolute atomic E-state index is 13.6. The molecule has 9 heteroatoms. The molecule has 1 aliphatic heterocycles. The monoisotopic (exact) mass is 479 g/mol. The maximum atomic E-state index is 13.6. The third kappa shape index (κ3) is 5.24. The molecule has 0 atom stereocenters. The average Bonchev–Trinajstić information content (AvgIpc) is 3.11. The quantitative estimate of drug-likeness (QED) is 0.417. The van der Waals surface area contributed by atoms with Gasteiger partial charge < -0.3 is 15.5 Å². The minimum absolute atomic E-state index is 0. The molecule has 136 valence electrons. The van der Waals surface area contributed by atoms with E-state index < -0.39 is 11.6 Å². The highest BCUT2D eigenvalue weighted by Crippen LogP contribution is 2.18. The molecular formula is C16H20F2IN5S. The largest absolute Gasteiger partial charge is 0.370 e. The molecule has 0 radical (unpaired) electrons. The van der Waals surface area contributed by atoms with Gasteiger partial charge >= 0.3 is 0 Å². The van der Waals surface area contributed by atoms with Crippen LogP contribution in [0.15, 0.2) is 34.8 Å². The van der Waals surface area contributed by atoms with E-state index >= 15 is 0 Å². The average molecular weight is 479 g/mol. The number of aliphatic imine (C=N–C) groups is 1. The van der Waals surface area contributed by atoms with Gasteiger partial charge in [-0.05, 0) is 18.1 Å². The summed E-state index contributed by atoms with van der Waals surface area (Å²) < 4.78 is 26.4. The highest BCUT2D eigenvalue weighted by molar-refractivity contribution is 14.0. The summed E-state index contributed by atoms with van der Waals surface area (Å²) in [5.41, 5.74) is 6.48. The van der Waals surface area contributed by atoms with Crippen LogP contribution in [-0.4, -0.2) is 48.6 Å². The van der Waals surface area contributed by atoms with Crippen molar-refractivity contribution in [2.24, 2.45) is 10.7 Å². The number of hydrogen-bond donors (Lipinski definition) is 1. The van der Waals surface area contributed by atoms with Crippen molar-refractivity contribution in [3.05, 3.63) is 47.0 Å². The van der Waals surface area contributed by atoms with Gasteiger partial charge in [-0.1, -0.05) is 6.07 Å². The molecule has 0 spiro atoms. The molecule has 1 aromatic carbocycles. The smallest absolute Gasteiger partial charge is 0.191 e. The Balaban J connectivity index is 0.00000225. The lowest BCUT2D eigenvalue weighted by atomic mass is 10.1. The molecule has 25 heavy (non-hydrogen) atoms. The van der Waals surface area contributed by atoms with Crippen LogP contribution in [-0.2, 0) is 6.42 Å². The maximum Gasteiger partial charge on any atom is 0.191 e. The number of rotatable bonds is 4. The van der Waals surface area contributed by atoms with Crippen LogP contribution < -0.4 is 10.6 Å². The molecule has 3 rings (SSSR count). The van der Waals surface area contributed by atoms with Gasteiger partial charge in [-0.25, -0.2) is 13.8 Å². The highest BCUT2D eigenvalue weighted by atomic mass is 127. The van der Waals surface area contributed by atoms with E-state index in [0.29, 0.717) is 24.5 Å². The summed E-state index contributed by atoms with van der Waals surface area (Å²) >= 11 is 1.63. The van der Waals surface area contributed by atoms with E-state index in [4.69, 9.17) is 5.73 Å². The molecule has 0 amide bonds. The number of benzene rings is 1. The minimum atomic E-state index is -0.572. The van der Waals surface area contributed by atoms with Crippen molar-refractivity contribution in [1.82, 2.24) is 9.88 Å². The fourth-order valence-corrected chi connectivity index (χ4v) is 3.31. The zero-order valence-corrected chi connectivity index (χ0v) is 16.7. The fourth-order valence-electron chi connectivity index (χ4n) is 2.61. The van der Waals surface area contributed by atoms with E-state index in [1.165, 1.54) is 12.1 Å². The predicted molar refractivity (Wildman–Crippen MR) is 108 cm³/mol. The highest BCUT2D eigenvalue weighted by Gasteiger charge is 2.19. The van der Waals surface area contributed by atoms with Crippen molar-refractivity contribution in [2.75, 3.05) is 37.6 Å². The topological polar surface area (TPSA) is 57.8 Å². The third-order valence-electron chi connectivity index (χ3n) is 3.96. The van der Waals surface area contributed by atoms with Crippen LogP contribution >= 0.6 is 35.3 Å². The van der Waals surface area contributed by atoms with Crippen LogP contribution in [0.5, 0.6) is 0 Å². The molecule has 2 N–H and O–H groups in total. The second kappa shape index (κ2) is 9.27. The van der Waals surface area contributed by atoms with Crippen LogP contribution in [0.3, 0.4) is 0 Å². The van der Waals surface area contributed by atoms with E-state index in [-0.39, 0.29) is 24.0 Å². The van der Waals surface area contributed by atoms with Gasteiger partial charge in [0.05, 0.1) is 0 Å². The Bertz CT molecular complexity index is 703. The van der Waals surface area contributed by atoms with Gasteiger partial charge in [-0.3, -0.25) is 4.99 Å². The van der Waals surface area contributed by atoms with Gasteiger partial charge in [-0.2, -0.15) is 0 Å². The standard InChI is InChI=1S/C16H19F2N5S.HI/c17-13-2-1-12(14(18)11-13)3-4-20-15(19)22-6-8-23(9-7-22)16-21-5-10-24-16;/h1-2,5,10-11H,3-4,6-9H2,(H2,19,20);1H. The Labute approximate surface area is 166 Å². The Morgan fingerprint density at radius 1 is 1.24 bits per heavy atom. The zero-order valence-electron chi connectivity index (χ0n) is 13.6. The van der Waals surface area contributed by atoms with Gasteiger partial charge in [0.1, 0.15) is 11.6 Å². The van der Waals surface area contributed by atoms with Gasteiger partial charge in [0, 0.05) is 50.4 Å². The lowest BCUT2D eigenvalue weighted by Gasteiger charge is -2.35. The Morgan fingerprint density at radius 3 is 2.64 bits per heavy atom. The molecule has 5 nitrogen and oxygen atoms in total. The summed E-state index contributed by atoms with van der Waals surface area (Å²) in [6.45, 7) is 3.62. The van der Waals surface area contributed by atoms with Crippen molar-refractivity contribution >= 4 is 46.4 Å². The summed E-state index contributed by atoms with van der Waals surface area (Å²) in [6.07, 6.45) is 2.20. The van der Waals surface area contributed by atoms with Crippen LogP contribution in [0.25, 0.3) is 0 Å². The van der Waals surface area contributed by atoms with Crippen molar-refractivity contribution in [3.8, 4) is 0 Å². The van der Waals surface area contributed by atoms with Crippen LogP contribution in [0.1, 0.15) is 5.56 Å². The Hall–Kier alpha value is -1.49. The zero-order chi connectivity index (χ0) is 16.9. The lowest BCUT2D eigenvalue weighted by Crippen LogP contribution is -2.51. The van der Waals surface area contributed by atoms with Crippen LogP contribution in [0, 0.1) is 11.6 Å². The lowest BCUT2D eigenvalue weighted by molar-refractivity contribution is 0.380. The molecule has 1 saturated heterocycles. The molecular weight excluding hydrogens is 459 g/mol. The van der Waals surface area contributed by atoms with E-state index in [1.807, 2.05) is 10.3 Å². The molecule has 1 aliphatic rings. The third-order valence-corrected chi connectivity index (χ3v) is 4.80.